The Bertz CT molecular complexity index is 717. The van der Waals surface area contributed by atoms with Crippen LogP contribution in [0.15, 0.2) is 54.9 Å². The quantitative estimate of drug-likeness (QED) is 0.508. The fraction of sp³-hybridized carbons (Fsp3) is 0. The Balaban J connectivity index is 2.10. The zero-order valence-electron chi connectivity index (χ0n) is 10.5. The molecule has 7 heteroatoms. The summed E-state index contributed by atoms with van der Waals surface area (Å²) in [5, 5.41) is 13.5. The van der Waals surface area contributed by atoms with Crippen LogP contribution in [0.4, 0.5) is 0 Å². The van der Waals surface area contributed by atoms with E-state index in [1.807, 2.05) is 6.07 Å². The molecular weight excluding hydrogens is 468 g/mol. The third-order valence-electron chi connectivity index (χ3n) is 2.56. The summed E-state index contributed by atoms with van der Waals surface area (Å²) < 4.78 is 2.20. The Morgan fingerprint density at radius 3 is 2.67 bits per heavy atom. The van der Waals surface area contributed by atoms with Gasteiger partial charge in [0.05, 0.1) is 11.8 Å². The van der Waals surface area contributed by atoms with Gasteiger partial charge in [-0.1, -0.05) is 22.0 Å². The van der Waals surface area contributed by atoms with Gasteiger partial charge in [0.2, 0.25) is 0 Å². The van der Waals surface area contributed by atoms with Crippen molar-refractivity contribution in [3.8, 4) is 5.75 Å². The maximum atomic E-state index is 12.0. The lowest BCUT2D eigenvalue weighted by Gasteiger charge is -2.04. The molecule has 2 N–H and O–H groups in total. The van der Waals surface area contributed by atoms with Gasteiger partial charge in [-0.05, 0) is 62.2 Å². The van der Waals surface area contributed by atoms with Gasteiger partial charge >= 0.3 is 0 Å². The first-order chi connectivity index (χ1) is 9.99. The lowest BCUT2D eigenvalue weighted by Crippen LogP contribution is -2.18. The summed E-state index contributed by atoms with van der Waals surface area (Å²) in [5.41, 5.74) is 3.38. The Morgan fingerprint density at radius 1 is 1.19 bits per heavy atom. The molecule has 0 aliphatic carbocycles. The van der Waals surface area contributed by atoms with E-state index in [1.165, 1.54) is 6.21 Å². The van der Waals surface area contributed by atoms with Crippen molar-refractivity contribution < 1.29 is 9.90 Å². The molecule has 2 aromatic rings. The molecule has 0 fully saturated rings. The maximum Gasteiger partial charge on any atom is 0.272 e. The highest BCUT2D eigenvalue weighted by Crippen LogP contribution is 2.26. The highest BCUT2D eigenvalue weighted by Gasteiger charge is 2.10. The Kier molecular flexibility index (Phi) is 5.55. The third-order valence-corrected chi connectivity index (χ3v) is 5.10. The molecule has 2 aromatic carbocycles. The van der Waals surface area contributed by atoms with E-state index in [4.69, 9.17) is 0 Å². The molecule has 0 aromatic heterocycles. The molecule has 4 nitrogen and oxygen atoms in total. The monoisotopic (exact) mass is 474 g/mol. The highest BCUT2D eigenvalue weighted by molar-refractivity contribution is 9.13. The van der Waals surface area contributed by atoms with Crippen LogP contribution in [0.3, 0.4) is 0 Å². The number of hydrazone groups is 1. The first-order valence-corrected chi connectivity index (χ1v) is 8.13. The number of aromatic hydroxyl groups is 1. The lowest BCUT2D eigenvalue weighted by atomic mass is 10.2. The van der Waals surface area contributed by atoms with E-state index in [9.17, 15) is 9.90 Å². The van der Waals surface area contributed by atoms with Gasteiger partial charge in [-0.15, -0.1) is 0 Å². The summed E-state index contributed by atoms with van der Waals surface area (Å²) in [6.07, 6.45) is 1.38. The summed E-state index contributed by atoms with van der Waals surface area (Å²) in [4.78, 5) is 12.0. The van der Waals surface area contributed by atoms with Gasteiger partial charge in [0.1, 0.15) is 5.75 Å². The zero-order valence-corrected chi connectivity index (χ0v) is 15.2. The minimum Gasteiger partial charge on any atom is -0.507 e. The number of phenolic OH excluding ortho intramolecular Hbond substituents is 1. The van der Waals surface area contributed by atoms with Crippen LogP contribution in [-0.2, 0) is 0 Å². The summed E-state index contributed by atoms with van der Waals surface area (Å²) in [5.74, 6) is -0.276. The standard InChI is InChI=1S/C14H9Br3N2O2/c15-9-5-4-8(12(20)6-9)7-18-19-14(21)10-2-1-3-11(16)13(10)17/h1-7,20H,(H,19,21)/b18-7+. The number of rotatable bonds is 3. The van der Waals surface area contributed by atoms with Crippen LogP contribution in [0.5, 0.6) is 5.75 Å². The molecule has 0 bridgehead atoms. The average Bonchev–Trinajstić information content (AvgIpc) is 2.44. The molecule has 0 aliphatic heterocycles. The van der Waals surface area contributed by atoms with E-state index in [0.717, 1.165) is 8.95 Å². The SMILES string of the molecule is O=C(N/N=C/c1ccc(Br)cc1O)c1cccc(Br)c1Br. The van der Waals surface area contributed by atoms with Crippen molar-refractivity contribution >= 4 is 59.9 Å². The summed E-state index contributed by atoms with van der Waals surface area (Å²) in [6.45, 7) is 0. The Morgan fingerprint density at radius 2 is 1.95 bits per heavy atom. The second-order valence-corrected chi connectivity index (χ2v) is 6.57. The number of nitrogens with one attached hydrogen (secondary N) is 1. The smallest absolute Gasteiger partial charge is 0.272 e. The van der Waals surface area contributed by atoms with E-state index in [-0.39, 0.29) is 11.7 Å². The second kappa shape index (κ2) is 7.20. The normalized spacial score (nSPS) is 10.8. The molecule has 0 heterocycles. The summed E-state index contributed by atoms with van der Waals surface area (Å²) in [6, 6.07) is 10.3. The van der Waals surface area contributed by atoms with Gasteiger partial charge in [-0.2, -0.15) is 5.10 Å². The predicted molar refractivity (Wildman–Crippen MR) is 92.7 cm³/mol. The molecule has 0 spiro atoms. The number of halogens is 3. The minimum absolute atomic E-state index is 0.0750. The van der Waals surface area contributed by atoms with Gasteiger partial charge in [0.15, 0.2) is 0 Å². The Hall–Kier alpha value is -1.18. The van der Waals surface area contributed by atoms with Crippen LogP contribution in [0.1, 0.15) is 15.9 Å². The van der Waals surface area contributed by atoms with Gasteiger partial charge in [0.25, 0.3) is 5.91 Å². The predicted octanol–water partition coefficient (Wildman–Crippen LogP) is 4.44. The van der Waals surface area contributed by atoms with Crippen molar-refractivity contribution in [1.82, 2.24) is 5.43 Å². The number of hydrogen-bond acceptors (Lipinski definition) is 3. The number of carbonyl (C=O) groups excluding carboxylic acids is 1. The van der Waals surface area contributed by atoms with Crippen molar-refractivity contribution in [2.24, 2.45) is 5.10 Å². The van der Waals surface area contributed by atoms with Crippen molar-refractivity contribution in [2.45, 2.75) is 0 Å². The molecule has 108 valence electrons. The van der Waals surface area contributed by atoms with Crippen molar-refractivity contribution in [3.63, 3.8) is 0 Å². The van der Waals surface area contributed by atoms with Crippen molar-refractivity contribution in [1.29, 1.82) is 0 Å². The number of amides is 1. The molecule has 1 amide bonds. The van der Waals surface area contributed by atoms with Crippen LogP contribution < -0.4 is 5.43 Å². The van der Waals surface area contributed by atoms with Gasteiger partial charge < -0.3 is 5.11 Å². The van der Waals surface area contributed by atoms with E-state index in [1.54, 1.807) is 30.3 Å². The third kappa shape index (κ3) is 4.15. The first kappa shape index (κ1) is 16.2. The van der Waals surface area contributed by atoms with Crippen LogP contribution in [0.25, 0.3) is 0 Å². The minimum atomic E-state index is -0.351. The number of hydrogen-bond donors (Lipinski definition) is 2. The van der Waals surface area contributed by atoms with E-state index in [2.05, 4.69) is 58.3 Å². The molecule has 0 atom stereocenters. The molecule has 0 radical (unpaired) electrons. The fourth-order valence-corrected chi connectivity index (χ4v) is 2.69. The van der Waals surface area contributed by atoms with Crippen LogP contribution in [0, 0.1) is 0 Å². The van der Waals surface area contributed by atoms with E-state index in [0.29, 0.717) is 15.6 Å². The Labute approximate surface area is 146 Å². The number of benzene rings is 2. The first-order valence-electron chi connectivity index (χ1n) is 5.75. The molecule has 21 heavy (non-hydrogen) atoms. The van der Waals surface area contributed by atoms with Crippen molar-refractivity contribution in [3.05, 3.63) is 60.9 Å². The maximum absolute atomic E-state index is 12.0. The van der Waals surface area contributed by atoms with Gasteiger partial charge in [-0.25, -0.2) is 5.43 Å². The summed E-state index contributed by atoms with van der Waals surface area (Å²) in [7, 11) is 0. The molecule has 0 saturated heterocycles. The molecule has 0 unspecified atom stereocenters. The molecule has 0 saturated carbocycles. The fourth-order valence-electron chi connectivity index (χ4n) is 1.53. The largest absolute Gasteiger partial charge is 0.507 e. The van der Waals surface area contributed by atoms with Crippen molar-refractivity contribution in [2.75, 3.05) is 0 Å². The van der Waals surface area contributed by atoms with E-state index < -0.39 is 0 Å². The molecular formula is C14H9Br3N2O2. The van der Waals surface area contributed by atoms with Crippen LogP contribution >= 0.6 is 47.8 Å². The topological polar surface area (TPSA) is 61.7 Å². The number of nitrogens with zero attached hydrogens (tertiary/aromatic N) is 1. The lowest BCUT2D eigenvalue weighted by molar-refractivity contribution is 0.0954. The number of phenols is 1. The average molecular weight is 477 g/mol. The van der Waals surface area contributed by atoms with Gasteiger partial charge in [-0.3, -0.25) is 4.79 Å². The van der Waals surface area contributed by atoms with Gasteiger partial charge in [0, 0.05) is 19.0 Å². The highest BCUT2D eigenvalue weighted by atomic mass is 79.9. The van der Waals surface area contributed by atoms with E-state index >= 15 is 0 Å². The second-order valence-electron chi connectivity index (χ2n) is 4.00. The van der Waals surface area contributed by atoms with Crippen LogP contribution in [-0.4, -0.2) is 17.2 Å². The van der Waals surface area contributed by atoms with Crippen LogP contribution in [0.2, 0.25) is 0 Å². The summed E-state index contributed by atoms with van der Waals surface area (Å²) >= 11 is 9.91. The zero-order chi connectivity index (χ0) is 15.4. The molecule has 0 aliphatic rings. The molecule has 2 rings (SSSR count). The number of carbonyl (C=O) groups is 1.